The second kappa shape index (κ2) is 14.7. The summed E-state index contributed by atoms with van der Waals surface area (Å²) in [6, 6.07) is 18.4. The Labute approximate surface area is 227 Å². The van der Waals surface area contributed by atoms with Gasteiger partial charge < -0.3 is 14.8 Å². The number of carbonyl (C=O) groups excluding carboxylic acids is 2. The number of piperidine rings is 1. The van der Waals surface area contributed by atoms with E-state index in [1.165, 1.54) is 25.5 Å². The third-order valence-corrected chi connectivity index (χ3v) is 6.34. The number of likely N-dealkylation sites (tertiary alicyclic amines) is 1. The van der Waals surface area contributed by atoms with E-state index in [1.54, 1.807) is 0 Å². The lowest BCUT2D eigenvalue weighted by Crippen LogP contribution is -2.46. The second-order valence-corrected chi connectivity index (χ2v) is 10.8. The molecule has 2 aromatic rings. The van der Waals surface area contributed by atoms with E-state index >= 15 is 0 Å². The zero-order chi connectivity index (χ0) is 27.4. The summed E-state index contributed by atoms with van der Waals surface area (Å²) < 4.78 is 11.1. The molecular formula is C30H43N3O5. The standard InChI is InChI=1S/C21H33N3O5.C9H10/c1-21(2,3)29-20(26)22-17-9-11-24(12-10-17)13-14-28-18-7-5-16(6-8-18)15-19(25)23-27-4;1-2-4-8(5-3-1)9-6-7-9/h5-8,17H,9-15H2,1-4H3,(H,22,26)(H,23,25);1-5,9H,6-7H2. The Balaban J connectivity index is 0.000000368. The molecule has 2 fully saturated rings. The molecule has 2 aliphatic rings. The van der Waals surface area contributed by atoms with Crippen molar-refractivity contribution >= 4 is 12.0 Å². The van der Waals surface area contributed by atoms with E-state index in [1.807, 2.05) is 45.0 Å². The summed E-state index contributed by atoms with van der Waals surface area (Å²) in [5.74, 6) is 1.50. The van der Waals surface area contributed by atoms with Crippen molar-refractivity contribution in [1.29, 1.82) is 0 Å². The third-order valence-electron chi connectivity index (χ3n) is 6.34. The van der Waals surface area contributed by atoms with E-state index in [-0.39, 0.29) is 24.5 Å². The summed E-state index contributed by atoms with van der Waals surface area (Å²) in [5.41, 5.74) is 4.24. The maximum atomic E-state index is 11.9. The molecule has 0 spiro atoms. The van der Waals surface area contributed by atoms with Crippen LogP contribution in [0.4, 0.5) is 4.79 Å². The van der Waals surface area contributed by atoms with Crippen LogP contribution in [0.2, 0.25) is 0 Å². The Morgan fingerprint density at radius 1 is 0.947 bits per heavy atom. The Bertz CT molecular complexity index is 979. The summed E-state index contributed by atoms with van der Waals surface area (Å²) in [4.78, 5) is 30.3. The molecule has 8 nitrogen and oxygen atoms in total. The second-order valence-electron chi connectivity index (χ2n) is 10.8. The normalized spacial score (nSPS) is 16.1. The van der Waals surface area contributed by atoms with Gasteiger partial charge >= 0.3 is 6.09 Å². The molecule has 0 atom stereocenters. The molecular weight excluding hydrogens is 482 g/mol. The van der Waals surface area contributed by atoms with Gasteiger partial charge in [0.25, 0.3) is 0 Å². The van der Waals surface area contributed by atoms with Crippen LogP contribution in [0, 0.1) is 0 Å². The number of alkyl carbamates (subject to hydrolysis) is 1. The van der Waals surface area contributed by atoms with Crippen molar-refractivity contribution in [2.24, 2.45) is 0 Å². The predicted octanol–water partition coefficient (Wildman–Crippen LogP) is 4.84. The van der Waals surface area contributed by atoms with E-state index in [0.717, 1.165) is 49.7 Å². The molecule has 8 heteroatoms. The molecule has 1 aliphatic heterocycles. The Hall–Kier alpha value is -3.10. The average molecular weight is 526 g/mol. The highest BCUT2D eigenvalue weighted by Gasteiger charge is 2.24. The molecule has 1 saturated carbocycles. The van der Waals surface area contributed by atoms with Crippen LogP contribution in [0.25, 0.3) is 0 Å². The fourth-order valence-electron chi connectivity index (χ4n) is 4.25. The molecule has 2 N–H and O–H groups in total. The van der Waals surface area contributed by atoms with Gasteiger partial charge in [0.1, 0.15) is 18.0 Å². The van der Waals surface area contributed by atoms with Crippen molar-refractivity contribution in [2.45, 2.75) is 70.4 Å². The van der Waals surface area contributed by atoms with Crippen LogP contribution in [-0.4, -0.2) is 61.9 Å². The first-order valence-electron chi connectivity index (χ1n) is 13.5. The van der Waals surface area contributed by atoms with Crippen molar-refractivity contribution in [2.75, 3.05) is 33.4 Å². The van der Waals surface area contributed by atoms with Gasteiger partial charge in [-0.25, -0.2) is 10.3 Å². The number of carbonyl (C=O) groups is 2. The first-order valence-corrected chi connectivity index (χ1v) is 13.5. The summed E-state index contributed by atoms with van der Waals surface area (Å²) in [6.45, 7) is 8.84. The maximum absolute atomic E-state index is 11.9. The quantitative estimate of drug-likeness (QED) is 0.456. The number of ether oxygens (including phenoxy) is 2. The summed E-state index contributed by atoms with van der Waals surface area (Å²) in [6.07, 6.45) is 4.53. The van der Waals surface area contributed by atoms with E-state index in [9.17, 15) is 9.59 Å². The van der Waals surface area contributed by atoms with Gasteiger partial charge in [-0.2, -0.15) is 0 Å². The minimum Gasteiger partial charge on any atom is -0.492 e. The zero-order valence-corrected chi connectivity index (χ0v) is 23.2. The topological polar surface area (TPSA) is 89.1 Å². The Morgan fingerprint density at radius 2 is 1.61 bits per heavy atom. The first kappa shape index (κ1) is 29.5. The van der Waals surface area contributed by atoms with Gasteiger partial charge in [0.2, 0.25) is 5.91 Å². The SMILES string of the molecule is CONC(=O)Cc1ccc(OCCN2CCC(NC(=O)OC(C)(C)C)CC2)cc1.c1ccc(C2CC2)cc1. The molecule has 0 radical (unpaired) electrons. The fraction of sp³-hybridized carbons (Fsp3) is 0.533. The van der Waals surface area contributed by atoms with Crippen molar-refractivity contribution in [3.63, 3.8) is 0 Å². The molecule has 4 rings (SSSR count). The van der Waals surface area contributed by atoms with Crippen LogP contribution in [0.3, 0.4) is 0 Å². The number of nitrogens with zero attached hydrogens (tertiary/aromatic N) is 1. The smallest absolute Gasteiger partial charge is 0.407 e. The van der Waals surface area contributed by atoms with Crippen LogP contribution in [0.1, 0.15) is 63.5 Å². The molecule has 1 heterocycles. The monoisotopic (exact) mass is 525 g/mol. The van der Waals surface area contributed by atoms with E-state index in [0.29, 0.717) is 6.61 Å². The van der Waals surface area contributed by atoms with Gasteiger partial charge in [-0.1, -0.05) is 42.5 Å². The fourth-order valence-corrected chi connectivity index (χ4v) is 4.25. The highest BCUT2D eigenvalue weighted by Crippen LogP contribution is 2.39. The lowest BCUT2D eigenvalue weighted by atomic mass is 10.1. The molecule has 208 valence electrons. The van der Waals surface area contributed by atoms with E-state index in [4.69, 9.17) is 9.47 Å². The van der Waals surface area contributed by atoms with Crippen LogP contribution in [-0.2, 0) is 20.8 Å². The van der Waals surface area contributed by atoms with Crippen LogP contribution in [0.15, 0.2) is 54.6 Å². The highest BCUT2D eigenvalue weighted by molar-refractivity contribution is 5.77. The lowest BCUT2D eigenvalue weighted by molar-refractivity contribution is -0.130. The number of nitrogens with one attached hydrogen (secondary N) is 2. The molecule has 0 bridgehead atoms. The summed E-state index contributed by atoms with van der Waals surface area (Å²) in [7, 11) is 1.41. The van der Waals surface area contributed by atoms with Gasteiger partial charge in [-0.05, 0) is 75.6 Å². The maximum Gasteiger partial charge on any atom is 0.407 e. The van der Waals surface area contributed by atoms with Crippen molar-refractivity contribution in [1.82, 2.24) is 15.7 Å². The predicted molar refractivity (Wildman–Crippen MR) is 148 cm³/mol. The molecule has 2 amide bonds. The molecule has 1 aliphatic carbocycles. The Kier molecular flexibility index (Phi) is 11.4. The minimum atomic E-state index is -0.476. The van der Waals surface area contributed by atoms with Crippen LogP contribution in [0.5, 0.6) is 5.75 Å². The van der Waals surface area contributed by atoms with Crippen LogP contribution >= 0.6 is 0 Å². The number of rotatable bonds is 9. The molecule has 0 aromatic heterocycles. The van der Waals surface area contributed by atoms with Gasteiger partial charge in [-0.15, -0.1) is 0 Å². The third kappa shape index (κ3) is 11.5. The number of hydroxylamine groups is 1. The number of benzene rings is 2. The first-order chi connectivity index (χ1) is 18.2. The summed E-state index contributed by atoms with van der Waals surface area (Å²) >= 11 is 0. The Morgan fingerprint density at radius 3 is 2.18 bits per heavy atom. The van der Waals surface area contributed by atoms with Crippen molar-refractivity contribution in [3.05, 3.63) is 65.7 Å². The lowest BCUT2D eigenvalue weighted by Gasteiger charge is -2.32. The van der Waals surface area contributed by atoms with Crippen LogP contribution < -0.4 is 15.5 Å². The number of hydrogen-bond acceptors (Lipinski definition) is 6. The van der Waals surface area contributed by atoms with Crippen molar-refractivity contribution < 1.29 is 23.9 Å². The largest absolute Gasteiger partial charge is 0.492 e. The van der Waals surface area contributed by atoms with E-state index < -0.39 is 5.60 Å². The number of hydrogen-bond donors (Lipinski definition) is 2. The molecule has 38 heavy (non-hydrogen) atoms. The highest BCUT2D eigenvalue weighted by atomic mass is 16.6. The van der Waals surface area contributed by atoms with E-state index in [2.05, 4.69) is 50.9 Å². The molecule has 2 aromatic carbocycles. The molecule has 0 unspecified atom stereocenters. The van der Waals surface area contributed by atoms with Gasteiger partial charge in [0, 0.05) is 25.7 Å². The summed E-state index contributed by atoms with van der Waals surface area (Å²) in [5, 5.41) is 2.95. The minimum absolute atomic E-state index is 0.157. The number of amides is 2. The van der Waals surface area contributed by atoms with Gasteiger partial charge in [0.05, 0.1) is 13.5 Å². The average Bonchev–Trinajstić information content (AvgIpc) is 3.72. The van der Waals surface area contributed by atoms with Crippen molar-refractivity contribution in [3.8, 4) is 5.75 Å². The van der Waals surface area contributed by atoms with Gasteiger partial charge in [-0.3, -0.25) is 14.5 Å². The molecule has 1 saturated heterocycles. The zero-order valence-electron chi connectivity index (χ0n) is 23.2. The van der Waals surface area contributed by atoms with Gasteiger partial charge in [0.15, 0.2) is 0 Å².